The number of nitrogens with one attached hydrogen (secondary N) is 1. The van der Waals surface area contributed by atoms with E-state index in [2.05, 4.69) is 12.2 Å². The molecule has 0 aliphatic carbocycles. The molecule has 0 aliphatic rings. The summed E-state index contributed by atoms with van der Waals surface area (Å²) in [7, 11) is 0. The molecule has 0 heterocycles. The minimum Gasteiger partial charge on any atom is -0.480 e. The van der Waals surface area contributed by atoms with Gasteiger partial charge in [0.25, 0.3) is 0 Å². The minimum absolute atomic E-state index is 0. The molecule has 6 heteroatoms. The quantitative estimate of drug-likeness (QED) is 0.509. The van der Waals surface area contributed by atoms with Crippen LogP contribution >= 0.6 is 12.4 Å². The third-order valence-electron chi connectivity index (χ3n) is 2.84. The zero-order valence-corrected chi connectivity index (χ0v) is 12.5. The summed E-state index contributed by atoms with van der Waals surface area (Å²) in [6.45, 7) is 2.75. The fourth-order valence-corrected chi connectivity index (χ4v) is 1.64. The first kappa shape index (κ1) is 20.5. The molecule has 114 valence electrons. The standard InChI is InChI=1S/C13H26N2O3.ClH/c1-2-3-4-5-9-12(16)15-10-7-6-8-11(14)13(17)18;/h11H,2-10,14H2,1H3,(H,15,16)(H,17,18);1H. The molecule has 0 saturated carbocycles. The highest BCUT2D eigenvalue weighted by molar-refractivity contribution is 5.85. The second-order valence-electron chi connectivity index (χ2n) is 4.60. The zero-order chi connectivity index (χ0) is 13.8. The van der Waals surface area contributed by atoms with Crippen molar-refractivity contribution in [3.05, 3.63) is 0 Å². The van der Waals surface area contributed by atoms with Crippen LogP contribution in [0, 0.1) is 0 Å². The first-order valence-corrected chi connectivity index (χ1v) is 6.83. The Hall–Kier alpha value is -0.810. The van der Waals surface area contributed by atoms with Crippen LogP contribution in [0.25, 0.3) is 0 Å². The average molecular weight is 295 g/mol. The van der Waals surface area contributed by atoms with Crippen molar-refractivity contribution < 1.29 is 14.7 Å². The number of carboxylic acid groups (broad SMARTS) is 1. The molecule has 0 aromatic heterocycles. The smallest absolute Gasteiger partial charge is 0.320 e. The van der Waals surface area contributed by atoms with Crippen molar-refractivity contribution in [2.24, 2.45) is 5.73 Å². The van der Waals surface area contributed by atoms with Gasteiger partial charge >= 0.3 is 5.97 Å². The van der Waals surface area contributed by atoms with Crippen LogP contribution in [0.1, 0.15) is 58.3 Å². The van der Waals surface area contributed by atoms with Crippen LogP contribution in [0.3, 0.4) is 0 Å². The Labute approximate surface area is 121 Å². The Morgan fingerprint density at radius 2 is 1.84 bits per heavy atom. The lowest BCUT2D eigenvalue weighted by Gasteiger charge is -2.07. The van der Waals surface area contributed by atoms with Gasteiger partial charge in [-0.25, -0.2) is 0 Å². The number of halogens is 1. The van der Waals surface area contributed by atoms with Gasteiger partial charge in [-0.1, -0.05) is 26.2 Å². The maximum Gasteiger partial charge on any atom is 0.320 e. The minimum atomic E-state index is -0.963. The second kappa shape index (κ2) is 13.6. The van der Waals surface area contributed by atoms with E-state index in [1.165, 1.54) is 12.8 Å². The van der Waals surface area contributed by atoms with E-state index in [0.29, 0.717) is 19.4 Å². The third kappa shape index (κ3) is 13.4. The van der Waals surface area contributed by atoms with E-state index in [9.17, 15) is 9.59 Å². The molecule has 0 aromatic rings. The molecule has 0 saturated heterocycles. The van der Waals surface area contributed by atoms with Gasteiger partial charge in [0.15, 0.2) is 0 Å². The summed E-state index contributed by atoms with van der Waals surface area (Å²) >= 11 is 0. The number of hydrogen-bond donors (Lipinski definition) is 3. The molecule has 4 N–H and O–H groups in total. The lowest BCUT2D eigenvalue weighted by atomic mass is 10.1. The Bertz CT molecular complexity index is 250. The maximum absolute atomic E-state index is 11.4. The molecule has 0 fully saturated rings. The molecule has 0 bridgehead atoms. The van der Waals surface area contributed by atoms with Crippen LogP contribution in [0.2, 0.25) is 0 Å². The topological polar surface area (TPSA) is 92.4 Å². The maximum atomic E-state index is 11.4. The first-order chi connectivity index (χ1) is 8.57. The van der Waals surface area contributed by atoms with Gasteiger partial charge in [0.2, 0.25) is 5.91 Å². The molecule has 1 unspecified atom stereocenters. The van der Waals surface area contributed by atoms with Gasteiger partial charge in [0, 0.05) is 13.0 Å². The normalized spacial score (nSPS) is 11.5. The van der Waals surface area contributed by atoms with Gasteiger partial charge in [-0.3, -0.25) is 9.59 Å². The van der Waals surface area contributed by atoms with Gasteiger partial charge in [-0.2, -0.15) is 0 Å². The van der Waals surface area contributed by atoms with Crippen LogP contribution in [0.5, 0.6) is 0 Å². The summed E-state index contributed by atoms with van der Waals surface area (Å²) in [6, 6.07) is -0.783. The van der Waals surface area contributed by atoms with Gasteiger partial charge in [-0.15, -0.1) is 12.4 Å². The fraction of sp³-hybridized carbons (Fsp3) is 0.846. The van der Waals surface area contributed by atoms with Gasteiger partial charge in [0.05, 0.1) is 0 Å². The summed E-state index contributed by atoms with van der Waals surface area (Å²) in [5, 5.41) is 11.4. The lowest BCUT2D eigenvalue weighted by Crippen LogP contribution is -2.30. The van der Waals surface area contributed by atoms with Crippen molar-refractivity contribution in [2.75, 3.05) is 6.54 Å². The van der Waals surface area contributed by atoms with Crippen molar-refractivity contribution in [2.45, 2.75) is 64.3 Å². The Kier molecular flexibility index (Phi) is 14.7. The molecule has 1 atom stereocenters. The first-order valence-electron chi connectivity index (χ1n) is 6.83. The van der Waals surface area contributed by atoms with Gasteiger partial charge in [-0.05, 0) is 25.7 Å². The zero-order valence-electron chi connectivity index (χ0n) is 11.7. The number of aliphatic carboxylic acids is 1. The number of carbonyl (C=O) groups excluding carboxylic acids is 1. The Balaban J connectivity index is 0. The van der Waals surface area contributed by atoms with Gasteiger partial charge < -0.3 is 16.2 Å². The monoisotopic (exact) mass is 294 g/mol. The molecule has 1 amide bonds. The van der Waals surface area contributed by atoms with Crippen LogP contribution < -0.4 is 11.1 Å². The van der Waals surface area contributed by atoms with E-state index < -0.39 is 12.0 Å². The highest BCUT2D eigenvalue weighted by Crippen LogP contribution is 2.02. The van der Waals surface area contributed by atoms with E-state index in [0.717, 1.165) is 25.7 Å². The molecule has 0 aromatic carbocycles. The number of amides is 1. The molecule has 5 nitrogen and oxygen atoms in total. The third-order valence-corrected chi connectivity index (χ3v) is 2.84. The van der Waals surface area contributed by atoms with Crippen LogP contribution in [0.4, 0.5) is 0 Å². The average Bonchev–Trinajstić information content (AvgIpc) is 2.33. The Morgan fingerprint density at radius 1 is 1.16 bits per heavy atom. The predicted molar refractivity (Wildman–Crippen MR) is 78.5 cm³/mol. The highest BCUT2D eigenvalue weighted by Gasteiger charge is 2.10. The number of unbranched alkanes of at least 4 members (excludes halogenated alkanes) is 4. The summed E-state index contributed by atoms with van der Waals surface area (Å²) in [5.74, 6) is -0.872. The van der Waals surface area contributed by atoms with Crippen molar-refractivity contribution in [3.8, 4) is 0 Å². The summed E-state index contributed by atoms with van der Waals surface area (Å²) in [6.07, 6.45) is 6.97. The van der Waals surface area contributed by atoms with Crippen LogP contribution in [-0.4, -0.2) is 29.6 Å². The number of carbonyl (C=O) groups is 2. The number of rotatable bonds is 11. The van der Waals surface area contributed by atoms with Crippen molar-refractivity contribution in [3.63, 3.8) is 0 Å². The number of hydrogen-bond acceptors (Lipinski definition) is 3. The summed E-state index contributed by atoms with van der Waals surface area (Å²) < 4.78 is 0. The van der Waals surface area contributed by atoms with Crippen molar-refractivity contribution in [1.82, 2.24) is 5.32 Å². The largest absolute Gasteiger partial charge is 0.480 e. The second-order valence-corrected chi connectivity index (χ2v) is 4.60. The molecule has 0 radical (unpaired) electrons. The number of carboxylic acids is 1. The fourth-order valence-electron chi connectivity index (χ4n) is 1.64. The van der Waals surface area contributed by atoms with E-state index in [1.54, 1.807) is 0 Å². The lowest BCUT2D eigenvalue weighted by molar-refractivity contribution is -0.138. The number of nitrogens with two attached hydrogens (primary N) is 1. The Morgan fingerprint density at radius 3 is 2.42 bits per heavy atom. The van der Waals surface area contributed by atoms with E-state index >= 15 is 0 Å². The van der Waals surface area contributed by atoms with Crippen LogP contribution in [-0.2, 0) is 9.59 Å². The summed E-state index contributed by atoms with van der Waals surface area (Å²) in [5.41, 5.74) is 5.37. The van der Waals surface area contributed by atoms with E-state index in [-0.39, 0.29) is 18.3 Å². The molecule has 19 heavy (non-hydrogen) atoms. The molecule has 0 spiro atoms. The molecule has 0 rings (SSSR count). The van der Waals surface area contributed by atoms with Crippen LogP contribution in [0.15, 0.2) is 0 Å². The molecular formula is C13H27ClN2O3. The van der Waals surface area contributed by atoms with E-state index in [4.69, 9.17) is 10.8 Å². The van der Waals surface area contributed by atoms with E-state index in [1.807, 2.05) is 0 Å². The van der Waals surface area contributed by atoms with Crippen molar-refractivity contribution >= 4 is 24.3 Å². The summed E-state index contributed by atoms with van der Waals surface area (Å²) in [4.78, 5) is 21.8. The SMILES string of the molecule is CCCCCCC(=O)NCCCCC(N)C(=O)O.Cl. The highest BCUT2D eigenvalue weighted by atomic mass is 35.5. The molecular weight excluding hydrogens is 268 g/mol. The molecule has 0 aliphatic heterocycles. The van der Waals surface area contributed by atoms with Gasteiger partial charge in [0.1, 0.15) is 6.04 Å². The predicted octanol–water partition coefficient (Wildman–Crippen LogP) is 2.08. The van der Waals surface area contributed by atoms with Crippen molar-refractivity contribution in [1.29, 1.82) is 0 Å².